The molecule has 1 aliphatic rings. The molecule has 0 spiro atoms. The summed E-state index contributed by atoms with van der Waals surface area (Å²) in [7, 11) is 0. The van der Waals surface area contributed by atoms with Crippen molar-refractivity contribution in [3.8, 4) is 0 Å². The average molecular weight is 226 g/mol. The Morgan fingerprint density at radius 2 is 1.94 bits per heavy atom. The van der Waals surface area contributed by atoms with E-state index in [4.69, 9.17) is 5.73 Å². The Kier molecular flexibility index (Phi) is 4.33. The van der Waals surface area contributed by atoms with Gasteiger partial charge in [-0.1, -0.05) is 27.2 Å². The molecule has 4 nitrogen and oxygen atoms in total. The minimum absolute atomic E-state index is 0.101. The lowest BCUT2D eigenvalue weighted by Gasteiger charge is -2.37. The van der Waals surface area contributed by atoms with E-state index in [1.54, 1.807) is 0 Å². The molecule has 92 valence electrons. The Labute approximate surface area is 97.0 Å². The maximum absolute atomic E-state index is 11.3. The van der Waals surface area contributed by atoms with Gasteiger partial charge in [-0.25, -0.2) is 0 Å². The van der Waals surface area contributed by atoms with E-state index in [2.05, 4.69) is 26.1 Å². The van der Waals surface area contributed by atoms with Crippen molar-refractivity contribution in [1.82, 2.24) is 5.32 Å². The van der Waals surface area contributed by atoms with Gasteiger partial charge in [0.2, 0.25) is 0 Å². The van der Waals surface area contributed by atoms with Crippen molar-refractivity contribution < 1.29 is 9.59 Å². The molecule has 0 aliphatic heterocycles. The Bertz CT molecular complexity index is 276. The lowest BCUT2D eigenvalue weighted by atomic mass is 9.74. The van der Waals surface area contributed by atoms with Crippen molar-refractivity contribution in [2.75, 3.05) is 0 Å². The topological polar surface area (TPSA) is 72.2 Å². The number of carbonyl (C=O) groups is 2. The van der Waals surface area contributed by atoms with Gasteiger partial charge in [0.25, 0.3) is 0 Å². The molecule has 4 heteroatoms. The largest absolute Gasteiger partial charge is 0.361 e. The number of amides is 2. The zero-order chi connectivity index (χ0) is 12.3. The number of nitrogens with two attached hydrogens (primary N) is 1. The molecule has 0 heterocycles. The lowest BCUT2D eigenvalue weighted by Crippen LogP contribution is -2.49. The molecular weight excluding hydrogens is 204 g/mol. The van der Waals surface area contributed by atoms with Gasteiger partial charge in [-0.05, 0) is 30.6 Å². The zero-order valence-electron chi connectivity index (χ0n) is 10.3. The SMILES string of the molecule is CC1CCC(C(C)C)C(NC(=O)C(N)=O)C1. The van der Waals surface area contributed by atoms with Crippen LogP contribution in [0.15, 0.2) is 0 Å². The molecule has 0 aromatic rings. The first kappa shape index (κ1) is 13.0. The van der Waals surface area contributed by atoms with E-state index in [9.17, 15) is 9.59 Å². The minimum Gasteiger partial charge on any atom is -0.361 e. The molecular formula is C12H22N2O2. The van der Waals surface area contributed by atoms with Crippen molar-refractivity contribution in [3.05, 3.63) is 0 Å². The number of hydrogen-bond acceptors (Lipinski definition) is 2. The molecule has 1 rings (SSSR count). The van der Waals surface area contributed by atoms with Crippen LogP contribution in [0.4, 0.5) is 0 Å². The third kappa shape index (κ3) is 3.22. The van der Waals surface area contributed by atoms with Crippen molar-refractivity contribution >= 4 is 11.8 Å². The van der Waals surface area contributed by atoms with E-state index in [0.29, 0.717) is 17.8 Å². The smallest absolute Gasteiger partial charge is 0.309 e. The van der Waals surface area contributed by atoms with Gasteiger partial charge < -0.3 is 11.1 Å². The number of nitrogens with one attached hydrogen (secondary N) is 1. The van der Waals surface area contributed by atoms with Gasteiger partial charge in [-0.2, -0.15) is 0 Å². The summed E-state index contributed by atoms with van der Waals surface area (Å²) in [4.78, 5) is 22.0. The highest BCUT2D eigenvalue weighted by atomic mass is 16.2. The summed E-state index contributed by atoms with van der Waals surface area (Å²) >= 11 is 0. The zero-order valence-corrected chi connectivity index (χ0v) is 10.3. The molecule has 3 atom stereocenters. The quantitative estimate of drug-likeness (QED) is 0.691. The third-order valence-corrected chi connectivity index (χ3v) is 3.56. The Morgan fingerprint density at radius 3 is 2.44 bits per heavy atom. The van der Waals surface area contributed by atoms with Crippen LogP contribution in [0.5, 0.6) is 0 Å². The van der Waals surface area contributed by atoms with Crippen LogP contribution in [-0.2, 0) is 9.59 Å². The molecule has 1 aliphatic carbocycles. The lowest BCUT2D eigenvalue weighted by molar-refractivity contribution is -0.138. The van der Waals surface area contributed by atoms with E-state index < -0.39 is 11.8 Å². The van der Waals surface area contributed by atoms with Crippen LogP contribution in [0.2, 0.25) is 0 Å². The monoisotopic (exact) mass is 226 g/mol. The fourth-order valence-corrected chi connectivity index (χ4v) is 2.61. The summed E-state index contributed by atoms with van der Waals surface area (Å²) < 4.78 is 0. The van der Waals surface area contributed by atoms with Crippen LogP contribution >= 0.6 is 0 Å². The standard InChI is InChI=1S/C12H22N2O2/c1-7(2)9-5-4-8(3)6-10(9)14-12(16)11(13)15/h7-10H,4-6H2,1-3H3,(H2,13,15)(H,14,16). The molecule has 2 amide bonds. The highest BCUT2D eigenvalue weighted by Gasteiger charge is 2.32. The summed E-state index contributed by atoms with van der Waals surface area (Å²) in [5.41, 5.74) is 4.96. The summed E-state index contributed by atoms with van der Waals surface area (Å²) in [6, 6.07) is 0.101. The minimum atomic E-state index is -0.888. The van der Waals surface area contributed by atoms with E-state index >= 15 is 0 Å². The summed E-state index contributed by atoms with van der Waals surface area (Å²) in [6.07, 6.45) is 3.26. The van der Waals surface area contributed by atoms with Crippen LogP contribution in [0.1, 0.15) is 40.0 Å². The Hall–Kier alpha value is -1.06. The van der Waals surface area contributed by atoms with Gasteiger partial charge in [0, 0.05) is 6.04 Å². The molecule has 0 aromatic carbocycles. The van der Waals surface area contributed by atoms with Crippen LogP contribution in [-0.4, -0.2) is 17.9 Å². The second-order valence-electron chi connectivity index (χ2n) is 5.27. The maximum Gasteiger partial charge on any atom is 0.309 e. The fraction of sp³-hybridized carbons (Fsp3) is 0.833. The molecule has 0 bridgehead atoms. The van der Waals surface area contributed by atoms with Gasteiger partial charge in [0.1, 0.15) is 0 Å². The van der Waals surface area contributed by atoms with Crippen molar-refractivity contribution in [2.45, 2.75) is 46.1 Å². The Morgan fingerprint density at radius 1 is 1.31 bits per heavy atom. The Balaban J connectivity index is 2.64. The molecule has 16 heavy (non-hydrogen) atoms. The van der Waals surface area contributed by atoms with Gasteiger partial charge in [-0.3, -0.25) is 9.59 Å². The predicted octanol–water partition coefficient (Wildman–Crippen LogP) is 1.05. The molecule has 1 saturated carbocycles. The van der Waals surface area contributed by atoms with Gasteiger partial charge in [0.05, 0.1) is 0 Å². The maximum atomic E-state index is 11.3. The number of hydrogen-bond donors (Lipinski definition) is 2. The molecule has 0 radical (unpaired) electrons. The first-order chi connectivity index (χ1) is 7.41. The number of carbonyl (C=O) groups excluding carboxylic acids is 2. The number of primary amides is 1. The van der Waals surface area contributed by atoms with Crippen molar-refractivity contribution in [3.63, 3.8) is 0 Å². The average Bonchev–Trinajstić information content (AvgIpc) is 2.16. The first-order valence-corrected chi connectivity index (χ1v) is 6.02. The molecule has 1 fully saturated rings. The second-order valence-corrected chi connectivity index (χ2v) is 5.27. The summed E-state index contributed by atoms with van der Waals surface area (Å²) in [5.74, 6) is 0.0452. The first-order valence-electron chi connectivity index (χ1n) is 6.02. The molecule has 0 saturated heterocycles. The van der Waals surface area contributed by atoms with E-state index in [-0.39, 0.29) is 6.04 Å². The predicted molar refractivity (Wildman–Crippen MR) is 62.5 cm³/mol. The van der Waals surface area contributed by atoms with Crippen LogP contribution in [0.3, 0.4) is 0 Å². The molecule has 0 aromatic heterocycles. The summed E-state index contributed by atoms with van der Waals surface area (Å²) in [6.45, 7) is 6.49. The van der Waals surface area contributed by atoms with Crippen molar-refractivity contribution in [1.29, 1.82) is 0 Å². The van der Waals surface area contributed by atoms with E-state index in [0.717, 1.165) is 12.8 Å². The van der Waals surface area contributed by atoms with Gasteiger partial charge >= 0.3 is 11.8 Å². The third-order valence-electron chi connectivity index (χ3n) is 3.56. The highest BCUT2D eigenvalue weighted by molar-refractivity contribution is 6.34. The number of rotatable bonds is 2. The van der Waals surface area contributed by atoms with E-state index in [1.165, 1.54) is 6.42 Å². The second kappa shape index (κ2) is 5.32. The fourth-order valence-electron chi connectivity index (χ4n) is 2.61. The van der Waals surface area contributed by atoms with Crippen LogP contribution in [0, 0.1) is 17.8 Å². The van der Waals surface area contributed by atoms with Crippen LogP contribution in [0.25, 0.3) is 0 Å². The van der Waals surface area contributed by atoms with Crippen molar-refractivity contribution in [2.24, 2.45) is 23.5 Å². The summed E-state index contributed by atoms with van der Waals surface area (Å²) in [5, 5.41) is 2.77. The van der Waals surface area contributed by atoms with Crippen LogP contribution < -0.4 is 11.1 Å². The van der Waals surface area contributed by atoms with Gasteiger partial charge in [0.15, 0.2) is 0 Å². The molecule has 3 unspecified atom stereocenters. The van der Waals surface area contributed by atoms with E-state index in [1.807, 2.05) is 0 Å². The molecule has 3 N–H and O–H groups in total. The normalized spacial score (nSPS) is 30.1. The van der Waals surface area contributed by atoms with Gasteiger partial charge in [-0.15, -0.1) is 0 Å². The highest BCUT2D eigenvalue weighted by Crippen LogP contribution is 2.33.